The Balaban J connectivity index is 1.88. The summed E-state index contributed by atoms with van der Waals surface area (Å²) in [6.07, 6.45) is 0. The number of anilines is 1. The van der Waals surface area contributed by atoms with Gasteiger partial charge in [-0.25, -0.2) is 5.10 Å². The molecule has 0 aliphatic heterocycles. The highest BCUT2D eigenvalue weighted by Crippen LogP contribution is 2.20. The summed E-state index contributed by atoms with van der Waals surface area (Å²) in [6.45, 7) is 5.91. The minimum Gasteiger partial charge on any atom is -0.483 e. The van der Waals surface area contributed by atoms with E-state index in [0.717, 1.165) is 16.9 Å². The first-order valence-electron chi connectivity index (χ1n) is 6.64. The van der Waals surface area contributed by atoms with Crippen LogP contribution in [0.5, 0.6) is 5.75 Å². The highest BCUT2D eigenvalue weighted by molar-refractivity contribution is 7.99. The molecule has 21 heavy (non-hydrogen) atoms. The molecule has 2 rings (SSSR count). The van der Waals surface area contributed by atoms with E-state index in [1.807, 2.05) is 39.0 Å². The van der Waals surface area contributed by atoms with E-state index in [1.54, 1.807) is 0 Å². The Labute approximate surface area is 127 Å². The Kier molecular flexibility index (Phi) is 5.21. The molecule has 7 heteroatoms. The fourth-order valence-electron chi connectivity index (χ4n) is 1.69. The molecule has 0 bridgehead atoms. The number of thioether (sulfide) groups is 1. The Bertz CT molecular complexity index is 627. The highest BCUT2D eigenvalue weighted by atomic mass is 32.2. The second-order valence-electron chi connectivity index (χ2n) is 4.43. The molecule has 0 aliphatic rings. The van der Waals surface area contributed by atoms with E-state index in [2.05, 4.69) is 20.5 Å². The third-order valence-corrected chi connectivity index (χ3v) is 3.64. The zero-order chi connectivity index (χ0) is 15.2. The van der Waals surface area contributed by atoms with Crippen LogP contribution in [0.4, 0.5) is 5.95 Å². The summed E-state index contributed by atoms with van der Waals surface area (Å²) in [5.74, 6) is 1.65. The standard InChI is InChI=1S/C14H18N4O2S/c1-4-21-14-16-13(17-18-14)15-12(19)8-20-11-7-5-6-9(2)10(11)3/h5-7H,4,8H2,1-3H3,(H2,15,16,17,18,19). The average Bonchev–Trinajstić information content (AvgIpc) is 2.88. The van der Waals surface area contributed by atoms with Crippen molar-refractivity contribution in [2.24, 2.45) is 0 Å². The minimum atomic E-state index is -0.278. The van der Waals surface area contributed by atoms with Crippen LogP contribution in [0.2, 0.25) is 0 Å². The smallest absolute Gasteiger partial charge is 0.264 e. The molecule has 1 aromatic heterocycles. The third-order valence-electron chi connectivity index (χ3n) is 2.91. The Hall–Kier alpha value is -2.02. The summed E-state index contributed by atoms with van der Waals surface area (Å²) < 4.78 is 5.53. The number of aromatic amines is 1. The van der Waals surface area contributed by atoms with Crippen LogP contribution >= 0.6 is 11.8 Å². The lowest BCUT2D eigenvalue weighted by atomic mass is 10.1. The van der Waals surface area contributed by atoms with Gasteiger partial charge in [-0.2, -0.15) is 4.98 Å². The zero-order valence-electron chi connectivity index (χ0n) is 12.3. The van der Waals surface area contributed by atoms with Gasteiger partial charge in [0.05, 0.1) is 0 Å². The fraction of sp³-hybridized carbons (Fsp3) is 0.357. The van der Waals surface area contributed by atoms with Gasteiger partial charge >= 0.3 is 0 Å². The number of ether oxygens (including phenoxy) is 1. The quantitative estimate of drug-likeness (QED) is 0.802. The van der Waals surface area contributed by atoms with E-state index in [0.29, 0.717) is 16.9 Å². The van der Waals surface area contributed by atoms with Gasteiger partial charge in [-0.3, -0.25) is 10.1 Å². The molecule has 0 saturated heterocycles. The van der Waals surface area contributed by atoms with Gasteiger partial charge in [0, 0.05) is 0 Å². The minimum absolute atomic E-state index is 0.0682. The maximum Gasteiger partial charge on any atom is 0.264 e. The number of aromatic nitrogens is 3. The second-order valence-corrected chi connectivity index (χ2v) is 5.67. The SMILES string of the molecule is CCSc1n[nH]c(NC(=O)COc2cccc(C)c2C)n1. The van der Waals surface area contributed by atoms with Crippen molar-refractivity contribution in [3.8, 4) is 5.75 Å². The maximum atomic E-state index is 11.8. The molecular weight excluding hydrogens is 288 g/mol. The van der Waals surface area contributed by atoms with Crippen LogP contribution < -0.4 is 10.1 Å². The van der Waals surface area contributed by atoms with Gasteiger partial charge in [-0.15, -0.1) is 5.10 Å². The van der Waals surface area contributed by atoms with Crippen molar-refractivity contribution in [2.75, 3.05) is 17.7 Å². The number of hydrogen-bond donors (Lipinski definition) is 2. The number of rotatable bonds is 6. The van der Waals surface area contributed by atoms with Crippen molar-refractivity contribution in [3.05, 3.63) is 29.3 Å². The predicted molar refractivity (Wildman–Crippen MR) is 82.8 cm³/mol. The van der Waals surface area contributed by atoms with E-state index in [4.69, 9.17) is 4.74 Å². The normalized spacial score (nSPS) is 10.4. The molecule has 112 valence electrons. The molecule has 0 spiro atoms. The van der Waals surface area contributed by atoms with Crippen LogP contribution in [0.25, 0.3) is 0 Å². The number of amides is 1. The van der Waals surface area contributed by atoms with Gasteiger partial charge in [-0.1, -0.05) is 30.8 Å². The van der Waals surface area contributed by atoms with Gasteiger partial charge in [0.25, 0.3) is 5.91 Å². The summed E-state index contributed by atoms with van der Waals surface area (Å²) >= 11 is 1.50. The Morgan fingerprint density at radius 1 is 1.43 bits per heavy atom. The lowest BCUT2D eigenvalue weighted by Crippen LogP contribution is -2.21. The molecule has 1 amide bonds. The van der Waals surface area contributed by atoms with Crippen LogP contribution in [0.15, 0.2) is 23.4 Å². The van der Waals surface area contributed by atoms with Crippen molar-refractivity contribution < 1.29 is 9.53 Å². The molecule has 1 aromatic carbocycles. The molecule has 0 aliphatic carbocycles. The van der Waals surface area contributed by atoms with Crippen LogP contribution in [0, 0.1) is 13.8 Å². The van der Waals surface area contributed by atoms with Gasteiger partial charge in [0.2, 0.25) is 11.1 Å². The van der Waals surface area contributed by atoms with E-state index in [9.17, 15) is 4.79 Å². The van der Waals surface area contributed by atoms with Crippen molar-refractivity contribution in [1.29, 1.82) is 0 Å². The van der Waals surface area contributed by atoms with Gasteiger partial charge in [-0.05, 0) is 36.8 Å². The molecule has 0 atom stereocenters. The summed E-state index contributed by atoms with van der Waals surface area (Å²) in [6, 6.07) is 5.75. The maximum absolute atomic E-state index is 11.8. The number of benzene rings is 1. The first-order valence-corrected chi connectivity index (χ1v) is 7.62. The van der Waals surface area contributed by atoms with Crippen LogP contribution in [0.1, 0.15) is 18.1 Å². The summed E-state index contributed by atoms with van der Waals surface area (Å²) in [5, 5.41) is 9.88. The third kappa shape index (κ3) is 4.22. The Morgan fingerprint density at radius 2 is 2.24 bits per heavy atom. The molecule has 0 unspecified atom stereocenters. The second kappa shape index (κ2) is 7.12. The van der Waals surface area contributed by atoms with E-state index in [1.165, 1.54) is 11.8 Å². The number of H-pyrrole nitrogens is 1. The van der Waals surface area contributed by atoms with E-state index in [-0.39, 0.29) is 12.5 Å². The molecular formula is C14H18N4O2S. The van der Waals surface area contributed by atoms with Crippen LogP contribution in [-0.4, -0.2) is 33.4 Å². The van der Waals surface area contributed by atoms with Crippen molar-refractivity contribution >= 4 is 23.6 Å². The molecule has 6 nitrogen and oxygen atoms in total. The molecule has 1 heterocycles. The van der Waals surface area contributed by atoms with Crippen molar-refractivity contribution in [1.82, 2.24) is 15.2 Å². The van der Waals surface area contributed by atoms with Crippen molar-refractivity contribution in [3.63, 3.8) is 0 Å². The largest absolute Gasteiger partial charge is 0.483 e. The Morgan fingerprint density at radius 3 is 3.00 bits per heavy atom. The predicted octanol–water partition coefficient (Wildman–Crippen LogP) is 2.55. The summed E-state index contributed by atoms with van der Waals surface area (Å²) in [7, 11) is 0. The molecule has 0 radical (unpaired) electrons. The van der Waals surface area contributed by atoms with Crippen molar-refractivity contribution in [2.45, 2.75) is 25.9 Å². The molecule has 2 aromatic rings. The first-order chi connectivity index (χ1) is 10.1. The number of hydrogen-bond acceptors (Lipinski definition) is 5. The lowest BCUT2D eigenvalue weighted by molar-refractivity contribution is -0.118. The van der Waals surface area contributed by atoms with E-state index >= 15 is 0 Å². The van der Waals surface area contributed by atoms with Crippen LogP contribution in [-0.2, 0) is 4.79 Å². The van der Waals surface area contributed by atoms with Gasteiger partial charge in [0.1, 0.15) is 5.75 Å². The monoisotopic (exact) mass is 306 g/mol. The summed E-state index contributed by atoms with van der Waals surface area (Å²) in [4.78, 5) is 16.0. The fourth-order valence-corrected chi connectivity index (χ4v) is 2.21. The molecule has 0 fully saturated rings. The van der Waals surface area contributed by atoms with Gasteiger partial charge in [0.15, 0.2) is 6.61 Å². The van der Waals surface area contributed by atoms with E-state index < -0.39 is 0 Å². The number of carbonyl (C=O) groups is 1. The zero-order valence-corrected chi connectivity index (χ0v) is 13.1. The number of nitrogens with one attached hydrogen (secondary N) is 2. The lowest BCUT2D eigenvalue weighted by Gasteiger charge is -2.10. The average molecular weight is 306 g/mol. The van der Waals surface area contributed by atoms with Gasteiger partial charge < -0.3 is 4.74 Å². The number of aryl methyl sites for hydroxylation is 1. The van der Waals surface area contributed by atoms with Crippen LogP contribution in [0.3, 0.4) is 0 Å². The molecule has 0 saturated carbocycles. The highest BCUT2D eigenvalue weighted by Gasteiger charge is 2.09. The molecule has 2 N–H and O–H groups in total. The first kappa shape index (κ1) is 15.4. The number of nitrogens with zero attached hydrogens (tertiary/aromatic N) is 2. The topological polar surface area (TPSA) is 79.9 Å². The summed E-state index contributed by atoms with van der Waals surface area (Å²) in [5.41, 5.74) is 2.16. The number of carbonyl (C=O) groups excluding carboxylic acids is 1.